The number of methoxy groups -OCH3 is 1. The Bertz CT molecular complexity index is 641. The summed E-state index contributed by atoms with van der Waals surface area (Å²) in [6.45, 7) is 2.97. The van der Waals surface area contributed by atoms with Crippen molar-refractivity contribution in [3.8, 4) is 11.5 Å². The lowest BCUT2D eigenvalue weighted by atomic mass is 9.48. The molecule has 1 saturated heterocycles. The van der Waals surface area contributed by atoms with Gasteiger partial charge >= 0.3 is 0 Å². The highest BCUT2D eigenvalue weighted by molar-refractivity contribution is 5.84. The van der Waals surface area contributed by atoms with Crippen LogP contribution in [-0.4, -0.2) is 30.6 Å². The third-order valence-corrected chi connectivity index (χ3v) is 6.40. The van der Waals surface area contributed by atoms with Gasteiger partial charge in [0.1, 0.15) is 5.78 Å². The van der Waals surface area contributed by atoms with Gasteiger partial charge in [0.2, 0.25) is 0 Å². The maximum atomic E-state index is 12.5. The molecule has 2 aliphatic carbocycles. The number of phenolic OH excluding ortho intramolecular Hbond substituents is 1. The van der Waals surface area contributed by atoms with Crippen molar-refractivity contribution in [2.45, 2.75) is 44.1 Å². The first-order chi connectivity index (χ1) is 10.6. The molecule has 1 aliphatic heterocycles. The van der Waals surface area contributed by atoms with Gasteiger partial charge in [-0.2, -0.15) is 0 Å². The first-order valence-corrected chi connectivity index (χ1v) is 8.25. The molecule has 0 aromatic heterocycles. The molecule has 4 heteroatoms. The summed E-state index contributed by atoms with van der Waals surface area (Å²) in [4.78, 5) is 12.5. The Balaban J connectivity index is 1.99. The van der Waals surface area contributed by atoms with Crippen LogP contribution in [0.25, 0.3) is 0 Å². The van der Waals surface area contributed by atoms with Crippen molar-refractivity contribution in [3.63, 3.8) is 0 Å². The van der Waals surface area contributed by atoms with E-state index >= 15 is 0 Å². The van der Waals surface area contributed by atoms with Crippen LogP contribution >= 0.6 is 0 Å². The Labute approximate surface area is 130 Å². The number of nitrogens with one attached hydrogen (secondary N) is 1. The number of aromatic hydroxyl groups is 1. The van der Waals surface area contributed by atoms with E-state index in [1.165, 1.54) is 5.56 Å². The topological polar surface area (TPSA) is 58.6 Å². The van der Waals surface area contributed by atoms with Crippen LogP contribution in [0.1, 0.15) is 37.3 Å². The van der Waals surface area contributed by atoms with E-state index in [1.807, 2.05) is 6.07 Å². The summed E-state index contributed by atoms with van der Waals surface area (Å²) in [5, 5.41) is 14.5. The smallest absolute Gasteiger partial charge is 0.161 e. The first-order valence-electron chi connectivity index (χ1n) is 8.25. The number of rotatable bonds is 1. The minimum absolute atomic E-state index is 0.0343. The van der Waals surface area contributed by atoms with Gasteiger partial charge in [0.15, 0.2) is 11.5 Å². The number of ketones is 1. The van der Waals surface area contributed by atoms with Crippen LogP contribution in [0.2, 0.25) is 0 Å². The Kier molecular flexibility index (Phi) is 3.02. The second-order valence-electron chi connectivity index (χ2n) is 7.04. The zero-order valence-electron chi connectivity index (χ0n) is 13.2. The van der Waals surface area contributed by atoms with E-state index in [2.05, 4.69) is 18.3 Å². The van der Waals surface area contributed by atoms with Gasteiger partial charge in [0, 0.05) is 29.4 Å². The predicted octanol–water partition coefficient (Wildman–Crippen LogP) is 2.17. The molecule has 1 aromatic rings. The summed E-state index contributed by atoms with van der Waals surface area (Å²) in [6, 6.07) is 4.33. The van der Waals surface area contributed by atoms with Crippen molar-refractivity contribution in [2.24, 2.45) is 11.8 Å². The second-order valence-corrected chi connectivity index (χ2v) is 7.04. The van der Waals surface area contributed by atoms with Crippen LogP contribution in [0.5, 0.6) is 11.5 Å². The molecule has 4 nitrogen and oxygen atoms in total. The van der Waals surface area contributed by atoms with Crippen molar-refractivity contribution in [1.29, 1.82) is 0 Å². The monoisotopic (exact) mass is 301 g/mol. The van der Waals surface area contributed by atoms with Gasteiger partial charge < -0.3 is 15.2 Å². The maximum Gasteiger partial charge on any atom is 0.161 e. The van der Waals surface area contributed by atoms with Crippen LogP contribution in [-0.2, 0) is 16.6 Å². The average molecular weight is 301 g/mol. The normalized spacial score (nSPS) is 36.5. The molecule has 1 aromatic carbocycles. The fraction of sp³-hybridized carbons (Fsp3) is 0.611. The summed E-state index contributed by atoms with van der Waals surface area (Å²) in [7, 11) is 1.58. The predicted molar refractivity (Wildman–Crippen MR) is 83.3 cm³/mol. The zero-order chi connectivity index (χ0) is 15.5. The molecule has 4 atom stereocenters. The lowest BCUT2D eigenvalue weighted by Crippen LogP contribution is -2.63. The van der Waals surface area contributed by atoms with Crippen molar-refractivity contribution in [1.82, 2.24) is 5.32 Å². The maximum absolute atomic E-state index is 12.5. The second kappa shape index (κ2) is 4.72. The highest BCUT2D eigenvalue weighted by Crippen LogP contribution is 2.58. The number of hydrogen-bond acceptors (Lipinski definition) is 4. The molecule has 2 bridgehead atoms. The summed E-state index contributed by atoms with van der Waals surface area (Å²) < 4.78 is 5.34. The number of benzene rings is 1. The Morgan fingerprint density at radius 1 is 1.41 bits per heavy atom. The van der Waals surface area contributed by atoms with Gasteiger partial charge in [0.05, 0.1) is 7.11 Å². The Morgan fingerprint density at radius 3 is 3.00 bits per heavy atom. The molecular weight excluding hydrogens is 278 g/mol. The van der Waals surface area contributed by atoms with Crippen molar-refractivity contribution >= 4 is 5.78 Å². The van der Waals surface area contributed by atoms with Crippen molar-refractivity contribution in [2.75, 3.05) is 13.7 Å². The number of Topliss-reactive ketones (excluding diaryl/α,β-unsaturated/α-hetero) is 1. The third kappa shape index (κ3) is 1.59. The number of carbonyl (C=O) groups excluding carboxylic acids is 1. The zero-order valence-corrected chi connectivity index (χ0v) is 13.2. The Morgan fingerprint density at radius 2 is 2.23 bits per heavy atom. The van der Waals surface area contributed by atoms with Gasteiger partial charge in [-0.3, -0.25) is 4.79 Å². The Hall–Kier alpha value is -1.55. The van der Waals surface area contributed by atoms with Gasteiger partial charge in [-0.15, -0.1) is 0 Å². The van der Waals surface area contributed by atoms with E-state index in [9.17, 15) is 9.90 Å². The summed E-state index contributed by atoms with van der Waals surface area (Å²) in [5.74, 6) is 1.51. The largest absolute Gasteiger partial charge is 0.504 e. The van der Waals surface area contributed by atoms with E-state index in [-0.39, 0.29) is 17.1 Å². The molecule has 3 aliphatic rings. The molecule has 2 N–H and O–H groups in total. The average Bonchev–Trinajstić information content (AvgIpc) is 2.51. The first kappa shape index (κ1) is 14.1. The third-order valence-electron chi connectivity index (χ3n) is 6.40. The van der Waals surface area contributed by atoms with Crippen molar-refractivity contribution < 1.29 is 14.6 Å². The van der Waals surface area contributed by atoms with E-state index in [4.69, 9.17) is 4.74 Å². The number of fused-ring (bicyclic) bond motifs is 1. The van der Waals surface area contributed by atoms with Crippen LogP contribution in [0.15, 0.2) is 12.1 Å². The molecule has 1 saturated carbocycles. The van der Waals surface area contributed by atoms with Crippen LogP contribution in [0, 0.1) is 11.8 Å². The number of hydrogen-bond donors (Lipinski definition) is 2. The number of ether oxygens (including phenoxy) is 1. The summed E-state index contributed by atoms with van der Waals surface area (Å²) in [6.07, 6.45) is 3.44. The molecule has 22 heavy (non-hydrogen) atoms. The standard InChI is InChI=1S/C18H23NO3/c1-10-14(20)5-4-12-13-9-11-3-6-15(22-2)17(21)16(11)18(10,12)7-8-19-13/h3,6,10,12-13,19,21H,4-5,7-9H2,1-2H3/t10-,12?,13+,18-/m0/s1. The van der Waals surface area contributed by atoms with Crippen LogP contribution < -0.4 is 10.1 Å². The van der Waals surface area contributed by atoms with Gasteiger partial charge in [-0.25, -0.2) is 0 Å². The van der Waals surface area contributed by atoms with E-state index in [1.54, 1.807) is 7.11 Å². The van der Waals surface area contributed by atoms with Gasteiger partial charge in [-0.05, 0) is 43.4 Å². The molecule has 1 unspecified atom stereocenters. The minimum Gasteiger partial charge on any atom is -0.504 e. The number of phenols is 1. The van der Waals surface area contributed by atoms with E-state index < -0.39 is 0 Å². The van der Waals surface area contributed by atoms with E-state index in [0.29, 0.717) is 29.9 Å². The molecule has 0 amide bonds. The number of piperidine rings is 1. The molecule has 1 heterocycles. The lowest BCUT2D eigenvalue weighted by molar-refractivity contribution is -0.131. The van der Waals surface area contributed by atoms with E-state index in [0.717, 1.165) is 31.4 Å². The minimum atomic E-state index is -0.225. The quantitative estimate of drug-likeness (QED) is 0.834. The lowest BCUT2D eigenvalue weighted by Gasteiger charge is -2.58. The molecule has 0 radical (unpaired) electrons. The molecular formula is C18H23NO3. The van der Waals surface area contributed by atoms with Gasteiger partial charge in [-0.1, -0.05) is 13.0 Å². The van der Waals surface area contributed by atoms with Crippen LogP contribution in [0.3, 0.4) is 0 Å². The van der Waals surface area contributed by atoms with Gasteiger partial charge in [0.25, 0.3) is 0 Å². The molecule has 2 fully saturated rings. The van der Waals surface area contributed by atoms with Crippen LogP contribution in [0.4, 0.5) is 0 Å². The molecule has 0 spiro atoms. The molecule has 118 valence electrons. The highest BCUT2D eigenvalue weighted by atomic mass is 16.5. The summed E-state index contributed by atoms with van der Waals surface area (Å²) in [5.41, 5.74) is 1.95. The molecule has 4 rings (SSSR count). The summed E-state index contributed by atoms with van der Waals surface area (Å²) >= 11 is 0. The fourth-order valence-corrected chi connectivity index (χ4v) is 5.40. The van der Waals surface area contributed by atoms with Crippen molar-refractivity contribution in [3.05, 3.63) is 23.3 Å². The number of carbonyl (C=O) groups is 1. The SMILES string of the molecule is COc1ccc2c(c1O)[C@]13CCN[C@H](C2)C1CCC(=O)[C@@H]3C. The fourth-order valence-electron chi connectivity index (χ4n) is 5.40. The highest BCUT2D eigenvalue weighted by Gasteiger charge is 2.58.